The van der Waals surface area contributed by atoms with Crippen LogP contribution in [0, 0.1) is 0 Å². The van der Waals surface area contributed by atoms with E-state index in [0.29, 0.717) is 5.56 Å². The fourth-order valence-corrected chi connectivity index (χ4v) is 2.10. The molecule has 1 aromatic carbocycles. The Hall–Kier alpha value is -1.98. The van der Waals surface area contributed by atoms with Gasteiger partial charge in [0.25, 0.3) is 0 Å². The molecule has 0 radical (unpaired) electrons. The third-order valence-electron chi connectivity index (χ3n) is 3.08. The molecule has 106 valence electrons. The molecule has 0 amide bonds. The van der Waals surface area contributed by atoms with E-state index in [1.165, 1.54) is 0 Å². The van der Waals surface area contributed by atoms with Gasteiger partial charge in [0.15, 0.2) is 0 Å². The quantitative estimate of drug-likeness (QED) is 0.810. The molecule has 2 rings (SSSR count). The largest absolute Gasteiger partial charge is 0.466 e. The molecule has 2 aromatic rings. The summed E-state index contributed by atoms with van der Waals surface area (Å²) in [7, 11) is 0. The monoisotopic (exact) mass is 275 g/mol. The lowest BCUT2D eigenvalue weighted by Gasteiger charge is -2.19. The van der Waals surface area contributed by atoms with Crippen LogP contribution in [0.5, 0.6) is 0 Å². The van der Waals surface area contributed by atoms with Crippen LogP contribution in [0.25, 0.3) is 10.8 Å². The van der Waals surface area contributed by atoms with Crippen molar-refractivity contribution in [2.75, 3.05) is 6.61 Å². The van der Waals surface area contributed by atoms with Crippen molar-refractivity contribution in [2.45, 2.75) is 25.6 Å². The lowest BCUT2D eigenvalue weighted by atomic mass is 9.97. The van der Waals surface area contributed by atoms with Gasteiger partial charge in [-0.1, -0.05) is 18.2 Å². The fourth-order valence-electron chi connectivity index (χ4n) is 2.10. The molecule has 0 aliphatic carbocycles. The summed E-state index contributed by atoms with van der Waals surface area (Å²) < 4.78 is 4.76. The molecule has 0 aliphatic rings. The van der Waals surface area contributed by atoms with Gasteiger partial charge in [0.2, 0.25) is 0 Å². The average Bonchev–Trinajstić information content (AvgIpc) is 2.46. The molecule has 0 fully saturated rings. The second-order valence-electron chi connectivity index (χ2n) is 4.47. The second-order valence-corrected chi connectivity index (χ2v) is 4.47. The highest BCUT2D eigenvalue weighted by Gasteiger charge is 2.23. The van der Waals surface area contributed by atoms with Crippen LogP contribution in [0.15, 0.2) is 36.7 Å². The van der Waals surface area contributed by atoms with E-state index in [1.807, 2.05) is 12.1 Å². The molecule has 0 spiro atoms. The number of nitrogens with zero attached hydrogens (tertiary/aromatic N) is 1. The molecule has 2 atom stereocenters. The van der Waals surface area contributed by atoms with Gasteiger partial charge >= 0.3 is 5.97 Å². The van der Waals surface area contributed by atoms with E-state index in [2.05, 4.69) is 4.98 Å². The predicted molar refractivity (Wildman–Crippen MR) is 74.0 cm³/mol. The fraction of sp³-hybridized carbons (Fsp3) is 0.333. The maximum absolute atomic E-state index is 11.3. The van der Waals surface area contributed by atoms with Gasteiger partial charge in [-0.15, -0.1) is 0 Å². The normalized spacial score (nSPS) is 13.9. The molecule has 0 saturated carbocycles. The zero-order valence-corrected chi connectivity index (χ0v) is 11.2. The smallest absolute Gasteiger partial charge is 0.308 e. The number of hydrogen-bond acceptors (Lipinski definition) is 5. The van der Waals surface area contributed by atoms with Crippen LogP contribution in [-0.4, -0.2) is 33.9 Å². The molecule has 20 heavy (non-hydrogen) atoms. The Morgan fingerprint density at radius 3 is 2.90 bits per heavy atom. The third-order valence-corrected chi connectivity index (χ3v) is 3.08. The molecular formula is C15H17NO4. The summed E-state index contributed by atoms with van der Waals surface area (Å²) in [5.41, 5.74) is 0.549. The molecule has 0 saturated heterocycles. The maximum Gasteiger partial charge on any atom is 0.308 e. The Kier molecular flexibility index (Phi) is 4.65. The summed E-state index contributed by atoms with van der Waals surface area (Å²) in [6, 6.07) is 7.22. The number of rotatable bonds is 5. The van der Waals surface area contributed by atoms with E-state index in [4.69, 9.17) is 4.74 Å². The van der Waals surface area contributed by atoms with Gasteiger partial charge in [-0.25, -0.2) is 0 Å². The number of carbonyl (C=O) groups excluding carboxylic acids is 1. The molecular weight excluding hydrogens is 258 g/mol. The summed E-state index contributed by atoms with van der Waals surface area (Å²) in [5, 5.41) is 21.8. The minimum Gasteiger partial charge on any atom is -0.466 e. The number of aromatic nitrogens is 1. The number of esters is 1. The van der Waals surface area contributed by atoms with Gasteiger partial charge in [0.1, 0.15) is 6.10 Å². The van der Waals surface area contributed by atoms with Crippen LogP contribution >= 0.6 is 0 Å². The number of aliphatic hydroxyl groups excluding tert-OH is 2. The highest BCUT2D eigenvalue weighted by Crippen LogP contribution is 2.26. The van der Waals surface area contributed by atoms with Crippen molar-refractivity contribution in [1.29, 1.82) is 0 Å². The van der Waals surface area contributed by atoms with E-state index in [9.17, 15) is 15.0 Å². The van der Waals surface area contributed by atoms with Gasteiger partial charge in [-0.2, -0.15) is 0 Å². The first-order chi connectivity index (χ1) is 9.63. The van der Waals surface area contributed by atoms with Crippen molar-refractivity contribution in [3.8, 4) is 0 Å². The van der Waals surface area contributed by atoms with Gasteiger partial charge in [0, 0.05) is 17.8 Å². The summed E-state index contributed by atoms with van der Waals surface area (Å²) in [6.45, 7) is 1.94. The van der Waals surface area contributed by atoms with Crippen molar-refractivity contribution in [2.24, 2.45) is 0 Å². The van der Waals surface area contributed by atoms with Crippen LogP contribution in [0.4, 0.5) is 0 Å². The highest BCUT2D eigenvalue weighted by atomic mass is 16.5. The molecule has 1 heterocycles. The van der Waals surface area contributed by atoms with Gasteiger partial charge in [-0.05, 0) is 23.9 Å². The number of ether oxygens (including phenoxy) is 1. The molecule has 0 bridgehead atoms. The van der Waals surface area contributed by atoms with Crippen molar-refractivity contribution >= 4 is 16.7 Å². The maximum atomic E-state index is 11.3. The Balaban J connectivity index is 2.22. The van der Waals surface area contributed by atoms with Crippen molar-refractivity contribution in [3.05, 3.63) is 42.2 Å². The first kappa shape index (κ1) is 14.4. The Bertz CT molecular complexity index is 594. The van der Waals surface area contributed by atoms with Crippen molar-refractivity contribution in [1.82, 2.24) is 4.98 Å². The standard InChI is InChI=1S/C15H17NO4/c1-2-20-14(18)8-13(17)15(19)11-5-3-4-10-6-7-16-9-12(10)11/h3-7,9,13,15,17,19H,2,8H2,1H3. The minimum absolute atomic E-state index is 0.244. The Morgan fingerprint density at radius 1 is 1.35 bits per heavy atom. The van der Waals surface area contributed by atoms with E-state index in [1.54, 1.807) is 31.5 Å². The van der Waals surface area contributed by atoms with Crippen LogP contribution in [-0.2, 0) is 9.53 Å². The predicted octanol–water partition coefficient (Wildman–Crippen LogP) is 1.58. The summed E-state index contributed by atoms with van der Waals surface area (Å²) in [6.07, 6.45) is 0.677. The molecule has 0 aliphatic heterocycles. The van der Waals surface area contributed by atoms with E-state index in [-0.39, 0.29) is 13.0 Å². The Labute approximate surface area is 116 Å². The summed E-state index contributed by atoms with van der Waals surface area (Å²) in [5.74, 6) is -0.530. The molecule has 5 nitrogen and oxygen atoms in total. The summed E-state index contributed by atoms with van der Waals surface area (Å²) >= 11 is 0. The van der Waals surface area contributed by atoms with E-state index < -0.39 is 18.2 Å². The number of pyridine rings is 1. The van der Waals surface area contributed by atoms with Crippen LogP contribution in [0.3, 0.4) is 0 Å². The lowest BCUT2D eigenvalue weighted by molar-refractivity contribution is -0.147. The SMILES string of the molecule is CCOC(=O)CC(O)C(O)c1cccc2ccncc12. The first-order valence-corrected chi connectivity index (χ1v) is 6.48. The average molecular weight is 275 g/mol. The molecule has 2 unspecified atom stereocenters. The summed E-state index contributed by atoms with van der Waals surface area (Å²) in [4.78, 5) is 15.4. The number of fused-ring (bicyclic) bond motifs is 1. The van der Waals surface area contributed by atoms with Gasteiger partial charge in [-0.3, -0.25) is 9.78 Å². The van der Waals surface area contributed by atoms with Gasteiger partial charge in [0.05, 0.1) is 19.1 Å². The zero-order valence-electron chi connectivity index (χ0n) is 11.2. The van der Waals surface area contributed by atoms with Crippen LogP contribution in [0.2, 0.25) is 0 Å². The second kappa shape index (κ2) is 6.45. The van der Waals surface area contributed by atoms with Gasteiger partial charge < -0.3 is 14.9 Å². The Morgan fingerprint density at radius 2 is 2.15 bits per heavy atom. The molecule has 5 heteroatoms. The topological polar surface area (TPSA) is 79.7 Å². The first-order valence-electron chi connectivity index (χ1n) is 6.48. The molecule has 2 N–H and O–H groups in total. The lowest BCUT2D eigenvalue weighted by Crippen LogP contribution is -2.23. The number of hydrogen-bond donors (Lipinski definition) is 2. The van der Waals surface area contributed by atoms with Crippen molar-refractivity contribution < 1.29 is 19.7 Å². The highest BCUT2D eigenvalue weighted by molar-refractivity contribution is 5.85. The number of aliphatic hydroxyl groups is 2. The van der Waals surface area contributed by atoms with Crippen molar-refractivity contribution in [3.63, 3.8) is 0 Å². The van der Waals surface area contributed by atoms with E-state index >= 15 is 0 Å². The number of benzene rings is 1. The minimum atomic E-state index is -1.21. The number of carbonyl (C=O) groups is 1. The van der Waals surface area contributed by atoms with E-state index in [0.717, 1.165) is 10.8 Å². The van der Waals surface area contributed by atoms with Crippen LogP contribution < -0.4 is 0 Å². The molecule has 1 aromatic heterocycles. The van der Waals surface area contributed by atoms with Crippen LogP contribution in [0.1, 0.15) is 25.0 Å². The zero-order chi connectivity index (χ0) is 14.5. The third kappa shape index (κ3) is 3.12.